The van der Waals surface area contributed by atoms with Gasteiger partial charge in [-0.2, -0.15) is 0 Å². The van der Waals surface area contributed by atoms with Gasteiger partial charge in [-0.3, -0.25) is 4.79 Å². The van der Waals surface area contributed by atoms with Crippen molar-refractivity contribution >= 4 is 5.97 Å². The second-order valence-corrected chi connectivity index (χ2v) is 4.88. The smallest absolute Gasteiger partial charge is 0.323 e. The van der Waals surface area contributed by atoms with Gasteiger partial charge in [0.15, 0.2) is 11.5 Å². The molecule has 1 aromatic carbocycles. The van der Waals surface area contributed by atoms with Crippen LogP contribution in [0.3, 0.4) is 0 Å². The Morgan fingerprint density at radius 1 is 1.35 bits per heavy atom. The van der Waals surface area contributed by atoms with Gasteiger partial charge in [0.05, 0.1) is 13.2 Å². The molecule has 1 fully saturated rings. The van der Waals surface area contributed by atoms with Crippen molar-refractivity contribution in [2.24, 2.45) is 5.73 Å². The molecular weight excluding hydrogens is 262 g/mol. The highest BCUT2D eigenvalue weighted by molar-refractivity contribution is 5.76. The first-order valence-electron chi connectivity index (χ1n) is 6.61. The minimum atomic E-state index is -0.790. The minimum Gasteiger partial charge on any atom is -0.504 e. The third-order valence-electron chi connectivity index (χ3n) is 3.25. The number of phenols is 2. The molecule has 1 aliphatic rings. The molecule has 2 rings (SSSR count). The molecule has 0 aromatic heterocycles. The Kier molecular flexibility index (Phi) is 4.81. The molecule has 0 unspecified atom stereocenters. The van der Waals surface area contributed by atoms with E-state index in [1.165, 1.54) is 12.1 Å². The molecule has 1 heterocycles. The average molecular weight is 281 g/mol. The van der Waals surface area contributed by atoms with Gasteiger partial charge in [0.25, 0.3) is 0 Å². The number of ether oxygens (including phenoxy) is 2. The van der Waals surface area contributed by atoms with Crippen LogP contribution in [0.5, 0.6) is 11.5 Å². The van der Waals surface area contributed by atoms with Gasteiger partial charge < -0.3 is 25.4 Å². The largest absolute Gasteiger partial charge is 0.504 e. The van der Waals surface area contributed by atoms with Crippen molar-refractivity contribution in [2.45, 2.75) is 31.4 Å². The Bertz CT molecular complexity index is 471. The lowest BCUT2D eigenvalue weighted by molar-refractivity contribution is -0.154. The van der Waals surface area contributed by atoms with Crippen LogP contribution >= 0.6 is 0 Å². The van der Waals surface area contributed by atoms with E-state index >= 15 is 0 Å². The zero-order valence-electron chi connectivity index (χ0n) is 11.1. The van der Waals surface area contributed by atoms with Crippen molar-refractivity contribution in [3.63, 3.8) is 0 Å². The van der Waals surface area contributed by atoms with Crippen LogP contribution in [0.1, 0.15) is 18.4 Å². The summed E-state index contributed by atoms with van der Waals surface area (Å²) < 4.78 is 10.5. The number of carbonyl (C=O) groups is 1. The van der Waals surface area contributed by atoms with Gasteiger partial charge in [0.2, 0.25) is 0 Å². The van der Waals surface area contributed by atoms with Gasteiger partial charge in [-0.05, 0) is 24.1 Å². The summed E-state index contributed by atoms with van der Waals surface area (Å²) in [4.78, 5) is 11.9. The predicted octanol–water partition coefficient (Wildman–Crippen LogP) is 0.690. The number of nitrogens with two attached hydrogens (primary N) is 1. The summed E-state index contributed by atoms with van der Waals surface area (Å²) in [5, 5.41) is 18.6. The predicted molar refractivity (Wildman–Crippen MR) is 71.4 cm³/mol. The van der Waals surface area contributed by atoms with Gasteiger partial charge >= 0.3 is 5.97 Å². The van der Waals surface area contributed by atoms with Gasteiger partial charge in [-0.25, -0.2) is 0 Å². The Hall–Kier alpha value is -1.79. The normalized spacial score (nSPS) is 17.6. The number of carbonyl (C=O) groups excluding carboxylic acids is 1. The van der Waals surface area contributed by atoms with E-state index in [-0.39, 0.29) is 24.0 Å². The zero-order chi connectivity index (χ0) is 14.5. The highest BCUT2D eigenvalue weighted by atomic mass is 16.6. The molecule has 4 N–H and O–H groups in total. The maximum absolute atomic E-state index is 11.9. The number of rotatable bonds is 4. The molecule has 1 aliphatic heterocycles. The summed E-state index contributed by atoms with van der Waals surface area (Å²) in [5.74, 6) is -0.885. The fourth-order valence-corrected chi connectivity index (χ4v) is 2.08. The summed E-state index contributed by atoms with van der Waals surface area (Å²) in [6.45, 7) is 1.19. The van der Waals surface area contributed by atoms with E-state index in [0.717, 1.165) is 0 Å². The van der Waals surface area contributed by atoms with Crippen LogP contribution in [0.25, 0.3) is 0 Å². The summed E-state index contributed by atoms with van der Waals surface area (Å²) in [5.41, 5.74) is 6.47. The number of hydrogen-bond donors (Lipinski definition) is 3. The average Bonchev–Trinajstić information content (AvgIpc) is 2.44. The van der Waals surface area contributed by atoms with Crippen LogP contribution in [0, 0.1) is 0 Å². The second kappa shape index (κ2) is 6.58. The van der Waals surface area contributed by atoms with Gasteiger partial charge in [-0.15, -0.1) is 0 Å². The molecule has 0 spiro atoms. The molecule has 0 amide bonds. The third-order valence-corrected chi connectivity index (χ3v) is 3.25. The molecule has 0 aliphatic carbocycles. The number of aromatic hydroxyl groups is 2. The fraction of sp³-hybridized carbons (Fsp3) is 0.500. The first kappa shape index (κ1) is 14.6. The highest BCUT2D eigenvalue weighted by Gasteiger charge is 2.22. The monoisotopic (exact) mass is 281 g/mol. The van der Waals surface area contributed by atoms with Crippen LogP contribution in [-0.4, -0.2) is 41.5 Å². The van der Waals surface area contributed by atoms with Crippen LogP contribution < -0.4 is 5.73 Å². The topological polar surface area (TPSA) is 102 Å². The molecule has 0 radical (unpaired) electrons. The molecule has 0 saturated carbocycles. The van der Waals surface area contributed by atoms with E-state index in [4.69, 9.17) is 15.2 Å². The van der Waals surface area contributed by atoms with Gasteiger partial charge in [0, 0.05) is 12.8 Å². The SMILES string of the molecule is N[C@@H](Cc1ccc(O)c(O)c1)C(=O)OC1CCOCC1. The Labute approximate surface area is 117 Å². The lowest BCUT2D eigenvalue weighted by Crippen LogP contribution is -2.38. The first-order valence-corrected chi connectivity index (χ1v) is 6.61. The summed E-state index contributed by atoms with van der Waals surface area (Å²) in [6.07, 6.45) is 1.50. The fourth-order valence-electron chi connectivity index (χ4n) is 2.08. The maximum atomic E-state index is 11.9. The Balaban J connectivity index is 1.88. The van der Waals surface area contributed by atoms with Crippen molar-refractivity contribution in [1.82, 2.24) is 0 Å². The lowest BCUT2D eigenvalue weighted by atomic mass is 10.1. The zero-order valence-corrected chi connectivity index (χ0v) is 11.1. The molecule has 1 aromatic rings. The Morgan fingerprint density at radius 2 is 2.05 bits per heavy atom. The van der Waals surface area contributed by atoms with Gasteiger partial charge in [-0.1, -0.05) is 6.07 Å². The lowest BCUT2D eigenvalue weighted by Gasteiger charge is -2.23. The van der Waals surface area contributed by atoms with E-state index in [2.05, 4.69) is 0 Å². The maximum Gasteiger partial charge on any atom is 0.323 e. The molecular formula is C14H19NO5. The highest BCUT2D eigenvalue weighted by Crippen LogP contribution is 2.25. The molecule has 1 saturated heterocycles. The molecule has 0 bridgehead atoms. The quantitative estimate of drug-likeness (QED) is 0.554. The van der Waals surface area contributed by atoms with E-state index in [1.807, 2.05) is 0 Å². The van der Waals surface area contributed by atoms with E-state index in [1.54, 1.807) is 6.07 Å². The summed E-state index contributed by atoms with van der Waals surface area (Å²) in [6, 6.07) is 3.57. The number of hydrogen-bond acceptors (Lipinski definition) is 6. The van der Waals surface area contributed by atoms with Crippen molar-refractivity contribution < 1.29 is 24.5 Å². The van der Waals surface area contributed by atoms with E-state index in [9.17, 15) is 15.0 Å². The third kappa shape index (κ3) is 3.85. The summed E-state index contributed by atoms with van der Waals surface area (Å²) >= 11 is 0. The molecule has 6 heteroatoms. The summed E-state index contributed by atoms with van der Waals surface area (Å²) in [7, 11) is 0. The second-order valence-electron chi connectivity index (χ2n) is 4.88. The van der Waals surface area contributed by atoms with Crippen molar-refractivity contribution in [2.75, 3.05) is 13.2 Å². The van der Waals surface area contributed by atoms with Crippen molar-refractivity contribution in [3.05, 3.63) is 23.8 Å². The first-order chi connectivity index (χ1) is 9.56. The van der Waals surface area contributed by atoms with Crippen LogP contribution in [0.4, 0.5) is 0 Å². The molecule has 20 heavy (non-hydrogen) atoms. The van der Waals surface area contributed by atoms with E-state index < -0.39 is 12.0 Å². The van der Waals surface area contributed by atoms with E-state index in [0.29, 0.717) is 31.6 Å². The number of esters is 1. The minimum absolute atomic E-state index is 0.129. The van der Waals surface area contributed by atoms with Crippen molar-refractivity contribution in [1.29, 1.82) is 0 Å². The van der Waals surface area contributed by atoms with Crippen LogP contribution in [0.2, 0.25) is 0 Å². The molecule has 110 valence electrons. The van der Waals surface area contributed by atoms with Crippen LogP contribution in [0.15, 0.2) is 18.2 Å². The number of phenolic OH excluding ortho intramolecular Hbond substituents is 2. The van der Waals surface area contributed by atoms with Crippen LogP contribution in [-0.2, 0) is 20.7 Å². The molecule has 1 atom stereocenters. The van der Waals surface area contributed by atoms with Gasteiger partial charge in [0.1, 0.15) is 12.1 Å². The van der Waals surface area contributed by atoms with Crippen molar-refractivity contribution in [3.8, 4) is 11.5 Å². The number of benzene rings is 1. The standard InChI is InChI=1S/C14H19NO5/c15-11(7-9-1-2-12(16)13(17)8-9)14(18)20-10-3-5-19-6-4-10/h1-2,8,10-11,16-17H,3-7,15H2/t11-/m0/s1. The Morgan fingerprint density at radius 3 is 2.70 bits per heavy atom. The molecule has 6 nitrogen and oxygen atoms in total.